The zero-order chi connectivity index (χ0) is 17.7. The Balaban J connectivity index is 1.92. The van der Waals surface area contributed by atoms with Crippen LogP contribution in [0.1, 0.15) is 11.1 Å². The van der Waals surface area contributed by atoms with E-state index >= 15 is 0 Å². The Morgan fingerprint density at radius 2 is 2.12 bits per heavy atom. The van der Waals surface area contributed by atoms with Crippen LogP contribution in [0.25, 0.3) is 0 Å². The number of benzene rings is 1. The van der Waals surface area contributed by atoms with Gasteiger partial charge in [0.1, 0.15) is 11.6 Å². The van der Waals surface area contributed by atoms with Gasteiger partial charge in [-0.2, -0.15) is 0 Å². The standard InChI is InChI=1S/C16H17FN4O3/c1-11-3-6-15(18-8-11)19-16(22)10-20(2)9-12-4-5-13(21(23)24)7-14(12)17/h3-8H,9-10H2,1-2H3,(H,18,19,22). The number of hydrogen-bond donors (Lipinski definition) is 1. The second-order valence-electron chi connectivity index (χ2n) is 5.47. The molecular weight excluding hydrogens is 315 g/mol. The summed E-state index contributed by atoms with van der Waals surface area (Å²) in [5, 5.41) is 13.2. The van der Waals surface area contributed by atoms with Gasteiger partial charge in [0, 0.05) is 24.4 Å². The second-order valence-corrected chi connectivity index (χ2v) is 5.47. The Bertz CT molecular complexity index is 749. The van der Waals surface area contributed by atoms with Crippen LogP contribution < -0.4 is 5.32 Å². The van der Waals surface area contributed by atoms with Gasteiger partial charge < -0.3 is 5.32 Å². The monoisotopic (exact) mass is 332 g/mol. The molecule has 0 aliphatic carbocycles. The van der Waals surface area contributed by atoms with E-state index in [1.807, 2.05) is 13.0 Å². The topological polar surface area (TPSA) is 88.4 Å². The van der Waals surface area contributed by atoms with E-state index in [0.717, 1.165) is 11.6 Å². The summed E-state index contributed by atoms with van der Waals surface area (Å²) in [6.07, 6.45) is 1.64. The van der Waals surface area contributed by atoms with Gasteiger partial charge in [-0.1, -0.05) is 6.07 Å². The average molecular weight is 332 g/mol. The highest BCUT2D eigenvalue weighted by atomic mass is 19.1. The SMILES string of the molecule is Cc1ccc(NC(=O)CN(C)Cc2ccc([N+](=O)[O-])cc2F)nc1. The van der Waals surface area contributed by atoms with Crippen molar-refractivity contribution in [3.63, 3.8) is 0 Å². The highest BCUT2D eigenvalue weighted by Gasteiger charge is 2.14. The second kappa shape index (κ2) is 7.60. The Hall–Kier alpha value is -2.87. The molecular formula is C16H17FN4O3. The number of nitro benzene ring substituents is 1. The Kier molecular flexibility index (Phi) is 5.54. The number of carbonyl (C=O) groups excluding carboxylic acids is 1. The van der Waals surface area contributed by atoms with Gasteiger partial charge in [-0.05, 0) is 31.7 Å². The maximum Gasteiger partial charge on any atom is 0.272 e. The zero-order valence-corrected chi connectivity index (χ0v) is 13.3. The summed E-state index contributed by atoms with van der Waals surface area (Å²) in [5.41, 5.74) is 0.963. The molecule has 126 valence electrons. The minimum absolute atomic E-state index is 0.0337. The van der Waals surface area contributed by atoms with E-state index in [-0.39, 0.29) is 30.2 Å². The number of aromatic nitrogens is 1. The number of non-ortho nitro benzene ring substituents is 1. The van der Waals surface area contributed by atoms with Crippen molar-refractivity contribution in [2.75, 3.05) is 18.9 Å². The van der Waals surface area contributed by atoms with Crippen molar-refractivity contribution in [1.82, 2.24) is 9.88 Å². The summed E-state index contributed by atoms with van der Waals surface area (Å²) < 4.78 is 13.9. The molecule has 0 aliphatic rings. The first-order valence-electron chi connectivity index (χ1n) is 7.19. The first-order chi connectivity index (χ1) is 11.3. The van der Waals surface area contributed by atoms with Crippen molar-refractivity contribution in [1.29, 1.82) is 0 Å². The van der Waals surface area contributed by atoms with Crippen molar-refractivity contribution in [2.45, 2.75) is 13.5 Å². The molecule has 0 bridgehead atoms. The molecule has 1 amide bonds. The molecule has 0 spiro atoms. The molecule has 2 rings (SSSR count). The molecule has 7 nitrogen and oxygen atoms in total. The molecule has 1 aromatic carbocycles. The maximum absolute atomic E-state index is 13.9. The third-order valence-electron chi connectivity index (χ3n) is 3.28. The molecule has 1 heterocycles. The summed E-state index contributed by atoms with van der Waals surface area (Å²) in [4.78, 5) is 27.6. The number of anilines is 1. The number of amides is 1. The molecule has 0 fully saturated rings. The summed E-state index contributed by atoms with van der Waals surface area (Å²) in [6, 6.07) is 6.99. The first-order valence-corrected chi connectivity index (χ1v) is 7.19. The number of nitro groups is 1. The average Bonchev–Trinajstić information content (AvgIpc) is 2.51. The molecule has 0 aliphatic heterocycles. The molecule has 0 radical (unpaired) electrons. The molecule has 0 atom stereocenters. The Morgan fingerprint density at radius 3 is 2.71 bits per heavy atom. The first kappa shape index (κ1) is 17.5. The van der Waals surface area contributed by atoms with Gasteiger partial charge in [0.2, 0.25) is 5.91 Å². The lowest BCUT2D eigenvalue weighted by atomic mass is 10.2. The fourth-order valence-corrected chi connectivity index (χ4v) is 2.09. The minimum Gasteiger partial charge on any atom is -0.310 e. The quantitative estimate of drug-likeness (QED) is 0.648. The largest absolute Gasteiger partial charge is 0.310 e. The van der Waals surface area contributed by atoms with Crippen LogP contribution in [-0.2, 0) is 11.3 Å². The number of halogens is 1. The summed E-state index contributed by atoms with van der Waals surface area (Å²) in [6.45, 7) is 2.08. The van der Waals surface area contributed by atoms with Crippen LogP contribution >= 0.6 is 0 Å². The maximum atomic E-state index is 13.9. The number of aryl methyl sites for hydroxylation is 1. The van der Waals surface area contributed by atoms with E-state index in [1.165, 1.54) is 12.1 Å². The number of carbonyl (C=O) groups is 1. The third-order valence-corrected chi connectivity index (χ3v) is 3.28. The lowest BCUT2D eigenvalue weighted by molar-refractivity contribution is -0.385. The lowest BCUT2D eigenvalue weighted by Crippen LogP contribution is -2.30. The molecule has 24 heavy (non-hydrogen) atoms. The molecule has 0 saturated heterocycles. The minimum atomic E-state index is -0.670. The van der Waals surface area contributed by atoms with Gasteiger partial charge in [0.25, 0.3) is 5.69 Å². The van der Waals surface area contributed by atoms with Crippen molar-refractivity contribution in [2.24, 2.45) is 0 Å². The van der Waals surface area contributed by atoms with Crippen molar-refractivity contribution >= 4 is 17.4 Å². The van der Waals surface area contributed by atoms with Crippen LogP contribution in [0.3, 0.4) is 0 Å². The van der Waals surface area contributed by atoms with Crippen LogP contribution in [0.2, 0.25) is 0 Å². The number of rotatable bonds is 6. The summed E-state index contributed by atoms with van der Waals surface area (Å²) in [5.74, 6) is -0.506. The number of nitrogens with one attached hydrogen (secondary N) is 1. The zero-order valence-electron chi connectivity index (χ0n) is 13.3. The van der Waals surface area contributed by atoms with Gasteiger partial charge in [-0.15, -0.1) is 0 Å². The van der Waals surface area contributed by atoms with Crippen LogP contribution in [0.5, 0.6) is 0 Å². The molecule has 0 unspecified atom stereocenters. The third kappa shape index (κ3) is 4.82. The smallest absolute Gasteiger partial charge is 0.272 e. The van der Waals surface area contributed by atoms with Crippen molar-refractivity contribution < 1.29 is 14.1 Å². The van der Waals surface area contributed by atoms with Crippen LogP contribution in [-0.4, -0.2) is 34.3 Å². The van der Waals surface area contributed by atoms with Gasteiger partial charge >= 0.3 is 0 Å². The fourth-order valence-electron chi connectivity index (χ4n) is 2.09. The highest BCUT2D eigenvalue weighted by Crippen LogP contribution is 2.17. The van der Waals surface area contributed by atoms with Crippen molar-refractivity contribution in [3.05, 3.63) is 63.6 Å². The highest BCUT2D eigenvalue weighted by molar-refractivity contribution is 5.91. The van der Waals surface area contributed by atoms with Crippen molar-refractivity contribution in [3.8, 4) is 0 Å². The van der Waals surface area contributed by atoms with Gasteiger partial charge in [-0.25, -0.2) is 9.37 Å². The summed E-state index contributed by atoms with van der Waals surface area (Å²) >= 11 is 0. The van der Waals surface area contributed by atoms with Crippen LogP contribution in [0, 0.1) is 22.9 Å². The normalized spacial score (nSPS) is 10.7. The summed E-state index contributed by atoms with van der Waals surface area (Å²) in [7, 11) is 1.66. The number of hydrogen-bond acceptors (Lipinski definition) is 5. The van der Waals surface area contributed by atoms with E-state index in [2.05, 4.69) is 10.3 Å². The van der Waals surface area contributed by atoms with E-state index in [1.54, 1.807) is 24.2 Å². The van der Waals surface area contributed by atoms with Crippen LogP contribution in [0.4, 0.5) is 15.9 Å². The molecule has 1 N–H and O–H groups in total. The predicted molar refractivity (Wildman–Crippen MR) is 87.0 cm³/mol. The predicted octanol–water partition coefficient (Wildman–Crippen LogP) is 2.51. The van der Waals surface area contributed by atoms with Crippen LogP contribution in [0.15, 0.2) is 36.5 Å². The molecule has 2 aromatic rings. The number of nitrogens with zero attached hydrogens (tertiary/aromatic N) is 3. The van der Waals surface area contributed by atoms with E-state index < -0.39 is 10.7 Å². The molecule has 0 saturated carbocycles. The molecule has 8 heteroatoms. The van der Waals surface area contributed by atoms with Gasteiger partial charge in [0.15, 0.2) is 0 Å². The van der Waals surface area contributed by atoms with Gasteiger partial charge in [-0.3, -0.25) is 19.8 Å². The molecule has 1 aromatic heterocycles. The lowest BCUT2D eigenvalue weighted by Gasteiger charge is -2.16. The Morgan fingerprint density at radius 1 is 1.38 bits per heavy atom. The Labute approximate surface area is 138 Å². The van der Waals surface area contributed by atoms with E-state index in [9.17, 15) is 19.3 Å². The number of likely N-dealkylation sites (N-methyl/N-ethyl adjacent to an activating group) is 1. The van der Waals surface area contributed by atoms with Gasteiger partial charge in [0.05, 0.1) is 17.5 Å². The van der Waals surface area contributed by atoms with E-state index in [0.29, 0.717) is 5.82 Å². The fraction of sp³-hybridized carbons (Fsp3) is 0.250. The van der Waals surface area contributed by atoms with E-state index in [4.69, 9.17) is 0 Å². The number of pyridine rings is 1.